The van der Waals surface area contributed by atoms with E-state index in [1.54, 1.807) is 0 Å². The summed E-state index contributed by atoms with van der Waals surface area (Å²) in [6, 6.07) is 8.77. The molecule has 5 nitrogen and oxygen atoms in total. The largest absolute Gasteiger partial charge is 0.373 e. The van der Waals surface area contributed by atoms with Crippen molar-refractivity contribution in [2.75, 3.05) is 27.2 Å². The van der Waals surface area contributed by atoms with E-state index in [1.807, 2.05) is 11.8 Å². The maximum Gasteiger partial charge on any atom is 0.318 e. The molecule has 0 bridgehead atoms. The van der Waals surface area contributed by atoms with Crippen molar-refractivity contribution in [2.45, 2.75) is 70.2 Å². The monoisotopic (exact) mass is 373 g/mol. The van der Waals surface area contributed by atoms with Crippen molar-refractivity contribution in [3.05, 3.63) is 35.4 Å². The van der Waals surface area contributed by atoms with Crippen LogP contribution in [-0.2, 0) is 17.8 Å². The third-order valence-corrected chi connectivity index (χ3v) is 5.97. The maximum atomic E-state index is 12.9. The van der Waals surface area contributed by atoms with Crippen molar-refractivity contribution in [1.29, 1.82) is 0 Å². The van der Waals surface area contributed by atoms with Crippen LogP contribution in [0.4, 0.5) is 4.79 Å². The minimum absolute atomic E-state index is 0.0373. The Morgan fingerprint density at radius 2 is 1.78 bits per heavy atom. The number of hydrogen-bond donors (Lipinski definition) is 1. The second-order valence-electron chi connectivity index (χ2n) is 8.33. The summed E-state index contributed by atoms with van der Waals surface area (Å²) in [4.78, 5) is 17.0. The van der Waals surface area contributed by atoms with Crippen LogP contribution in [0.3, 0.4) is 0 Å². The van der Waals surface area contributed by atoms with Crippen molar-refractivity contribution < 1.29 is 9.53 Å². The fourth-order valence-corrected chi connectivity index (χ4v) is 4.50. The zero-order valence-electron chi connectivity index (χ0n) is 17.2. The predicted molar refractivity (Wildman–Crippen MR) is 109 cm³/mol. The van der Waals surface area contributed by atoms with Gasteiger partial charge in [0.05, 0.1) is 11.6 Å². The van der Waals surface area contributed by atoms with E-state index in [1.165, 1.54) is 17.5 Å². The van der Waals surface area contributed by atoms with Crippen LogP contribution in [0, 0.1) is 0 Å². The number of rotatable bonds is 6. The lowest BCUT2D eigenvalue weighted by Gasteiger charge is -2.40. The Morgan fingerprint density at radius 1 is 1.11 bits per heavy atom. The molecule has 1 spiro atoms. The average Bonchev–Trinajstić information content (AvgIpc) is 3.02. The highest BCUT2D eigenvalue weighted by molar-refractivity contribution is 5.74. The number of amides is 2. The van der Waals surface area contributed by atoms with Crippen molar-refractivity contribution in [3.63, 3.8) is 0 Å². The van der Waals surface area contributed by atoms with E-state index >= 15 is 0 Å². The van der Waals surface area contributed by atoms with Gasteiger partial charge in [0.25, 0.3) is 0 Å². The van der Waals surface area contributed by atoms with E-state index in [4.69, 9.17) is 4.74 Å². The van der Waals surface area contributed by atoms with Gasteiger partial charge in [0, 0.05) is 26.2 Å². The van der Waals surface area contributed by atoms with E-state index in [0.717, 1.165) is 45.3 Å². The molecule has 1 aliphatic heterocycles. The molecule has 1 saturated carbocycles. The number of nitrogens with zero attached hydrogens (tertiary/aromatic N) is 2. The van der Waals surface area contributed by atoms with Gasteiger partial charge < -0.3 is 19.9 Å². The third-order valence-electron chi connectivity index (χ3n) is 5.97. The second-order valence-corrected chi connectivity index (χ2v) is 8.33. The average molecular weight is 374 g/mol. The molecule has 1 aromatic carbocycles. The normalized spacial score (nSPS) is 25.1. The van der Waals surface area contributed by atoms with E-state index in [0.29, 0.717) is 13.1 Å². The Morgan fingerprint density at radius 3 is 2.37 bits per heavy atom. The summed E-state index contributed by atoms with van der Waals surface area (Å²) in [7, 11) is 4.14. The summed E-state index contributed by atoms with van der Waals surface area (Å²) in [5, 5.41) is 3.30. The summed E-state index contributed by atoms with van der Waals surface area (Å²) in [6.45, 7) is 5.16. The first kappa shape index (κ1) is 20.2. The number of urea groups is 1. The van der Waals surface area contributed by atoms with Gasteiger partial charge in [0.15, 0.2) is 0 Å². The van der Waals surface area contributed by atoms with Crippen LogP contribution in [0.15, 0.2) is 24.3 Å². The van der Waals surface area contributed by atoms with Crippen LogP contribution in [0.25, 0.3) is 0 Å². The second kappa shape index (κ2) is 9.07. The molecule has 2 aliphatic rings. The fraction of sp³-hybridized carbons (Fsp3) is 0.682. The molecular weight excluding hydrogens is 338 g/mol. The molecule has 2 atom stereocenters. The topological polar surface area (TPSA) is 44.8 Å². The number of carbonyl (C=O) groups excluding carboxylic acids is 1. The summed E-state index contributed by atoms with van der Waals surface area (Å²) < 4.78 is 6.18. The smallest absolute Gasteiger partial charge is 0.318 e. The third kappa shape index (κ3) is 5.02. The maximum absolute atomic E-state index is 12.9. The Bertz CT molecular complexity index is 608. The standard InChI is InChI=1S/C22H35N3O2/c1-4-25(17-19-11-9-18(10-12-19)16-24(2)3)21(26)23-20-8-7-14-22(20)13-5-6-15-27-22/h9-12,20H,4-8,13-17H2,1-3H3,(H,23,26). The molecule has 0 radical (unpaired) electrons. The number of nitrogens with one attached hydrogen (secondary N) is 1. The van der Waals surface area contributed by atoms with Crippen LogP contribution < -0.4 is 5.32 Å². The molecule has 0 aromatic heterocycles. The Hall–Kier alpha value is -1.59. The van der Waals surface area contributed by atoms with E-state index < -0.39 is 0 Å². The number of carbonyl (C=O) groups is 1. The first-order chi connectivity index (χ1) is 13.0. The lowest BCUT2D eigenvalue weighted by atomic mass is 9.88. The molecule has 1 heterocycles. The van der Waals surface area contributed by atoms with E-state index in [-0.39, 0.29) is 17.7 Å². The lowest BCUT2D eigenvalue weighted by molar-refractivity contribution is -0.0874. The summed E-state index contributed by atoms with van der Waals surface area (Å²) in [5.74, 6) is 0. The number of benzene rings is 1. The van der Waals surface area contributed by atoms with Gasteiger partial charge in [-0.05, 0) is 70.7 Å². The zero-order chi connectivity index (χ0) is 19.3. The molecule has 3 rings (SSSR count). The van der Waals surface area contributed by atoms with Crippen LogP contribution in [0.1, 0.15) is 56.6 Å². The lowest BCUT2D eigenvalue weighted by Crippen LogP contribution is -2.55. The molecule has 2 amide bonds. The van der Waals surface area contributed by atoms with Crippen LogP contribution >= 0.6 is 0 Å². The van der Waals surface area contributed by atoms with Gasteiger partial charge in [0.1, 0.15) is 0 Å². The molecule has 1 aliphatic carbocycles. The van der Waals surface area contributed by atoms with Gasteiger partial charge in [-0.1, -0.05) is 24.3 Å². The minimum Gasteiger partial charge on any atom is -0.373 e. The van der Waals surface area contributed by atoms with Crippen molar-refractivity contribution in [2.24, 2.45) is 0 Å². The molecule has 27 heavy (non-hydrogen) atoms. The summed E-state index contributed by atoms with van der Waals surface area (Å²) in [5.41, 5.74) is 2.35. The Labute approximate surface area is 164 Å². The Balaban J connectivity index is 1.59. The molecule has 2 fully saturated rings. The minimum atomic E-state index is -0.110. The first-order valence-corrected chi connectivity index (χ1v) is 10.4. The van der Waals surface area contributed by atoms with Gasteiger partial charge in [-0.2, -0.15) is 0 Å². The molecular formula is C22H35N3O2. The van der Waals surface area contributed by atoms with Crippen LogP contribution in [0.2, 0.25) is 0 Å². The predicted octanol–water partition coefficient (Wildman–Crippen LogP) is 3.77. The van der Waals surface area contributed by atoms with Crippen molar-refractivity contribution in [1.82, 2.24) is 15.1 Å². The van der Waals surface area contributed by atoms with Crippen LogP contribution in [0.5, 0.6) is 0 Å². The first-order valence-electron chi connectivity index (χ1n) is 10.4. The van der Waals surface area contributed by atoms with E-state index in [9.17, 15) is 4.79 Å². The highest BCUT2D eigenvalue weighted by atomic mass is 16.5. The van der Waals surface area contributed by atoms with Gasteiger partial charge in [-0.15, -0.1) is 0 Å². The number of hydrogen-bond acceptors (Lipinski definition) is 3. The van der Waals surface area contributed by atoms with Gasteiger partial charge in [-0.3, -0.25) is 0 Å². The molecule has 1 saturated heterocycles. The number of ether oxygens (including phenoxy) is 1. The molecule has 5 heteroatoms. The van der Waals surface area contributed by atoms with Crippen molar-refractivity contribution in [3.8, 4) is 0 Å². The van der Waals surface area contributed by atoms with Gasteiger partial charge in [0.2, 0.25) is 0 Å². The summed E-state index contributed by atoms with van der Waals surface area (Å²) >= 11 is 0. The quantitative estimate of drug-likeness (QED) is 0.825. The van der Waals surface area contributed by atoms with Gasteiger partial charge >= 0.3 is 6.03 Å². The fourth-order valence-electron chi connectivity index (χ4n) is 4.50. The molecule has 150 valence electrons. The van der Waals surface area contributed by atoms with Crippen LogP contribution in [-0.4, -0.2) is 54.7 Å². The summed E-state index contributed by atoms with van der Waals surface area (Å²) in [6.07, 6.45) is 6.69. The zero-order valence-corrected chi connectivity index (χ0v) is 17.2. The highest BCUT2D eigenvalue weighted by Gasteiger charge is 2.45. The Kier molecular flexibility index (Phi) is 6.77. The molecule has 2 unspecified atom stereocenters. The van der Waals surface area contributed by atoms with E-state index in [2.05, 4.69) is 48.6 Å². The molecule has 1 aromatic rings. The SMILES string of the molecule is CCN(Cc1ccc(CN(C)C)cc1)C(=O)NC1CCCC12CCCCO2. The molecule has 1 N–H and O–H groups in total. The van der Waals surface area contributed by atoms with Gasteiger partial charge in [-0.25, -0.2) is 4.79 Å². The highest BCUT2D eigenvalue weighted by Crippen LogP contribution is 2.40. The van der Waals surface area contributed by atoms with Crippen molar-refractivity contribution >= 4 is 6.03 Å².